The number of hydrogen-bond acceptors (Lipinski definition) is 2. The Morgan fingerprint density at radius 3 is 1.89 bits per heavy atom. The molecule has 0 spiro atoms. The first-order valence-electron chi connectivity index (χ1n) is 6.34. The summed E-state index contributed by atoms with van der Waals surface area (Å²) in [5.74, 6) is 1.17. The van der Waals surface area contributed by atoms with Crippen LogP contribution in [0.2, 0.25) is 0 Å². The lowest BCUT2D eigenvalue weighted by Crippen LogP contribution is -1.92. The fraction of sp³-hybridized carbons (Fsp3) is 0.235. The maximum absolute atomic E-state index is 10.6. The van der Waals surface area contributed by atoms with Crippen LogP contribution in [0.3, 0.4) is 0 Å². The van der Waals surface area contributed by atoms with Gasteiger partial charge < -0.3 is 9.53 Å². The van der Waals surface area contributed by atoms with E-state index < -0.39 is 0 Å². The predicted molar refractivity (Wildman–Crippen MR) is 78.4 cm³/mol. The first-order chi connectivity index (χ1) is 9.22. The zero-order valence-corrected chi connectivity index (χ0v) is 11.5. The van der Waals surface area contributed by atoms with Crippen molar-refractivity contribution in [1.29, 1.82) is 0 Å². The van der Waals surface area contributed by atoms with Gasteiger partial charge in [-0.2, -0.15) is 0 Å². The van der Waals surface area contributed by atoms with E-state index >= 15 is 0 Å². The number of methoxy groups -OCH3 is 1. The molecular formula is C17H20O2. The largest absolute Gasteiger partial charge is 0.497 e. The zero-order valence-electron chi connectivity index (χ0n) is 11.5. The van der Waals surface area contributed by atoms with Crippen molar-refractivity contribution in [2.24, 2.45) is 0 Å². The minimum atomic E-state index is 0.258. The second kappa shape index (κ2) is 8.92. The Morgan fingerprint density at radius 1 is 0.947 bits per heavy atom. The SMILES string of the molecule is CC(=O)CCc1ccccc1.COc1ccccc1. The highest BCUT2D eigenvalue weighted by Gasteiger charge is 1.94. The number of ketones is 1. The van der Waals surface area contributed by atoms with E-state index in [1.165, 1.54) is 5.56 Å². The molecule has 2 aromatic carbocycles. The molecule has 0 aliphatic heterocycles. The Balaban J connectivity index is 0.000000200. The van der Waals surface area contributed by atoms with Gasteiger partial charge in [-0.05, 0) is 31.0 Å². The molecule has 0 saturated heterocycles. The topological polar surface area (TPSA) is 26.3 Å². The van der Waals surface area contributed by atoms with Crippen LogP contribution in [0.25, 0.3) is 0 Å². The molecule has 0 unspecified atom stereocenters. The van der Waals surface area contributed by atoms with E-state index in [1.807, 2.05) is 60.7 Å². The molecule has 19 heavy (non-hydrogen) atoms. The predicted octanol–water partition coefficient (Wildman–Crippen LogP) is 3.90. The van der Waals surface area contributed by atoms with Crippen LogP contribution in [0.15, 0.2) is 60.7 Å². The second-order valence-corrected chi connectivity index (χ2v) is 4.20. The summed E-state index contributed by atoms with van der Waals surface area (Å²) in [6.07, 6.45) is 1.53. The van der Waals surface area contributed by atoms with E-state index in [9.17, 15) is 4.79 Å². The number of rotatable bonds is 4. The first-order valence-corrected chi connectivity index (χ1v) is 6.34. The van der Waals surface area contributed by atoms with Crippen LogP contribution in [0.5, 0.6) is 5.75 Å². The Morgan fingerprint density at radius 2 is 1.47 bits per heavy atom. The van der Waals surface area contributed by atoms with Gasteiger partial charge in [0.2, 0.25) is 0 Å². The number of para-hydroxylation sites is 1. The van der Waals surface area contributed by atoms with E-state index in [0.29, 0.717) is 6.42 Å². The smallest absolute Gasteiger partial charge is 0.130 e. The van der Waals surface area contributed by atoms with Gasteiger partial charge in [-0.3, -0.25) is 0 Å². The summed E-state index contributed by atoms with van der Waals surface area (Å²) < 4.78 is 4.91. The maximum atomic E-state index is 10.6. The molecule has 2 rings (SSSR count). The molecule has 0 amide bonds. The monoisotopic (exact) mass is 256 g/mol. The molecule has 2 heteroatoms. The van der Waals surface area contributed by atoms with Crippen LogP contribution in [0.4, 0.5) is 0 Å². The number of hydrogen-bond donors (Lipinski definition) is 0. The number of ether oxygens (including phenoxy) is 1. The number of benzene rings is 2. The Hall–Kier alpha value is -2.09. The number of aryl methyl sites for hydroxylation is 1. The molecule has 2 aromatic rings. The molecule has 0 bridgehead atoms. The quantitative estimate of drug-likeness (QED) is 0.829. The molecule has 0 fully saturated rings. The summed E-state index contributed by atoms with van der Waals surface area (Å²) in [5.41, 5.74) is 1.24. The van der Waals surface area contributed by atoms with E-state index in [0.717, 1.165) is 12.2 Å². The van der Waals surface area contributed by atoms with Gasteiger partial charge >= 0.3 is 0 Å². The molecule has 0 radical (unpaired) electrons. The highest BCUT2D eigenvalue weighted by Crippen LogP contribution is 2.05. The third kappa shape index (κ3) is 7.04. The fourth-order valence-electron chi connectivity index (χ4n) is 1.52. The third-order valence-corrected chi connectivity index (χ3v) is 2.59. The summed E-state index contributed by atoms with van der Waals surface area (Å²) in [6.45, 7) is 1.63. The molecule has 0 N–H and O–H groups in total. The molecule has 0 atom stereocenters. The van der Waals surface area contributed by atoms with Gasteiger partial charge in [0, 0.05) is 6.42 Å². The number of carbonyl (C=O) groups is 1. The summed E-state index contributed by atoms with van der Waals surface area (Å²) in [6, 6.07) is 19.7. The molecule has 100 valence electrons. The van der Waals surface area contributed by atoms with Crippen LogP contribution in [-0.2, 0) is 11.2 Å². The zero-order chi connectivity index (χ0) is 13.9. The van der Waals surface area contributed by atoms with E-state index in [1.54, 1.807) is 14.0 Å². The molecule has 0 aromatic heterocycles. The van der Waals surface area contributed by atoms with Crippen molar-refractivity contribution in [3.63, 3.8) is 0 Å². The standard InChI is InChI=1S/C10H12O.C7H8O/c1-9(11)7-8-10-5-3-2-4-6-10;1-8-7-5-3-2-4-6-7/h2-6H,7-8H2,1H3;2-6H,1H3. The van der Waals surface area contributed by atoms with Crippen molar-refractivity contribution in [2.45, 2.75) is 19.8 Å². The van der Waals surface area contributed by atoms with Gasteiger partial charge in [0.25, 0.3) is 0 Å². The Kier molecular flexibility index (Phi) is 7.03. The van der Waals surface area contributed by atoms with Crippen LogP contribution >= 0.6 is 0 Å². The number of carbonyl (C=O) groups excluding carboxylic acids is 1. The normalized spacial score (nSPS) is 9.16. The van der Waals surface area contributed by atoms with Crippen LogP contribution in [0.1, 0.15) is 18.9 Å². The first kappa shape index (κ1) is 15.0. The van der Waals surface area contributed by atoms with E-state index in [-0.39, 0.29) is 5.78 Å². The lowest BCUT2D eigenvalue weighted by atomic mass is 10.1. The highest BCUT2D eigenvalue weighted by molar-refractivity contribution is 5.75. The van der Waals surface area contributed by atoms with Gasteiger partial charge in [0.1, 0.15) is 11.5 Å². The average molecular weight is 256 g/mol. The molecule has 0 aliphatic rings. The fourth-order valence-corrected chi connectivity index (χ4v) is 1.52. The van der Waals surface area contributed by atoms with Gasteiger partial charge in [-0.25, -0.2) is 0 Å². The van der Waals surface area contributed by atoms with Crippen LogP contribution < -0.4 is 4.74 Å². The highest BCUT2D eigenvalue weighted by atomic mass is 16.5. The van der Waals surface area contributed by atoms with Gasteiger partial charge in [0.15, 0.2) is 0 Å². The molecule has 0 saturated carbocycles. The maximum Gasteiger partial charge on any atom is 0.130 e. The van der Waals surface area contributed by atoms with Crippen molar-refractivity contribution in [3.05, 3.63) is 66.2 Å². The third-order valence-electron chi connectivity index (χ3n) is 2.59. The van der Waals surface area contributed by atoms with Gasteiger partial charge in [-0.15, -0.1) is 0 Å². The van der Waals surface area contributed by atoms with E-state index in [2.05, 4.69) is 0 Å². The van der Waals surface area contributed by atoms with Crippen molar-refractivity contribution in [2.75, 3.05) is 7.11 Å². The lowest BCUT2D eigenvalue weighted by molar-refractivity contribution is -0.116. The van der Waals surface area contributed by atoms with Gasteiger partial charge in [-0.1, -0.05) is 48.5 Å². The van der Waals surface area contributed by atoms with Crippen LogP contribution in [-0.4, -0.2) is 12.9 Å². The molecular weight excluding hydrogens is 236 g/mol. The Bertz CT molecular complexity index is 463. The van der Waals surface area contributed by atoms with E-state index in [4.69, 9.17) is 4.74 Å². The Labute approximate surface area is 115 Å². The second-order valence-electron chi connectivity index (χ2n) is 4.20. The van der Waals surface area contributed by atoms with Crippen molar-refractivity contribution in [3.8, 4) is 5.75 Å². The molecule has 0 aliphatic carbocycles. The lowest BCUT2D eigenvalue weighted by Gasteiger charge is -1.96. The number of Topliss-reactive ketones (excluding diaryl/α,β-unsaturated/α-hetero) is 1. The summed E-state index contributed by atoms with van der Waals surface area (Å²) in [4.78, 5) is 10.6. The molecule has 2 nitrogen and oxygen atoms in total. The van der Waals surface area contributed by atoms with Crippen molar-refractivity contribution >= 4 is 5.78 Å². The van der Waals surface area contributed by atoms with Crippen molar-refractivity contribution in [1.82, 2.24) is 0 Å². The van der Waals surface area contributed by atoms with Crippen LogP contribution in [0, 0.1) is 0 Å². The van der Waals surface area contributed by atoms with Crippen molar-refractivity contribution < 1.29 is 9.53 Å². The minimum Gasteiger partial charge on any atom is -0.497 e. The average Bonchev–Trinajstić information content (AvgIpc) is 2.48. The summed E-state index contributed by atoms with van der Waals surface area (Å²) >= 11 is 0. The molecule has 0 heterocycles. The van der Waals surface area contributed by atoms with Gasteiger partial charge in [0.05, 0.1) is 7.11 Å². The summed E-state index contributed by atoms with van der Waals surface area (Å²) in [5, 5.41) is 0. The minimum absolute atomic E-state index is 0.258. The summed E-state index contributed by atoms with van der Waals surface area (Å²) in [7, 11) is 1.66.